The van der Waals surface area contributed by atoms with Gasteiger partial charge in [-0.3, -0.25) is 14.9 Å². The first kappa shape index (κ1) is 14.1. The zero-order valence-electron chi connectivity index (χ0n) is 10.3. The average molecular weight is 332 g/mol. The Labute approximate surface area is 124 Å². The third-order valence-corrected chi connectivity index (χ3v) is 3.13. The summed E-state index contributed by atoms with van der Waals surface area (Å²) in [4.78, 5) is 22.0. The van der Waals surface area contributed by atoms with E-state index < -0.39 is 4.92 Å². The molecule has 2 rings (SSSR count). The van der Waals surface area contributed by atoms with E-state index in [9.17, 15) is 14.9 Å². The third-order valence-electron chi connectivity index (χ3n) is 2.64. The zero-order chi connectivity index (χ0) is 14.5. The first-order valence-corrected chi connectivity index (χ1v) is 6.58. The van der Waals surface area contributed by atoms with Gasteiger partial charge in [0.1, 0.15) is 0 Å². The maximum Gasteiger partial charge on any atom is 0.269 e. The second-order valence-corrected chi connectivity index (χ2v) is 4.97. The van der Waals surface area contributed by atoms with Crippen molar-refractivity contribution in [2.24, 2.45) is 0 Å². The summed E-state index contributed by atoms with van der Waals surface area (Å²) in [5.74, 6) is -0.121. The fraction of sp³-hybridized carbons (Fsp3) is 0. The smallest absolute Gasteiger partial charge is 0.269 e. The molecule has 5 heteroatoms. The number of carbonyl (C=O) groups excluding carboxylic acids is 1. The van der Waals surface area contributed by atoms with Crippen LogP contribution in [0.3, 0.4) is 0 Å². The number of hydrogen-bond donors (Lipinski definition) is 0. The highest BCUT2D eigenvalue weighted by molar-refractivity contribution is 9.10. The molecule has 0 aliphatic rings. The fourth-order valence-electron chi connectivity index (χ4n) is 1.62. The van der Waals surface area contributed by atoms with Gasteiger partial charge in [-0.2, -0.15) is 0 Å². The van der Waals surface area contributed by atoms with Gasteiger partial charge < -0.3 is 0 Å². The third kappa shape index (κ3) is 3.61. The summed E-state index contributed by atoms with van der Waals surface area (Å²) in [5, 5.41) is 10.5. The average Bonchev–Trinajstić information content (AvgIpc) is 2.45. The van der Waals surface area contributed by atoms with E-state index in [1.807, 2.05) is 6.07 Å². The highest BCUT2D eigenvalue weighted by atomic mass is 79.9. The maximum absolute atomic E-state index is 11.9. The molecule has 0 amide bonds. The van der Waals surface area contributed by atoms with Crippen molar-refractivity contribution in [2.75, 3.05) is 0 Å². The normalized spacial score (nSPS) is 10.7. The van der Waals surface area contributed by atoms with Gasteiger partial charge in [-0.25, -0.2) is 0 Å². The quantitative estimate of drug-likeness (QED) is 0.364. The molecule has 0 saturated heterocycles. The van der Waals surface area contributed by atoms with Crippen LogP contribution in [0.15, 0.2) is 59.1 Å². The van der Waals surface area contributed by atoms with Crippen LogP contribution >= 0.6 is 15.9 Å². The zero-order valence-corrected chi connectivity index (χ0v) is 11.9. The number of nitrogens with zero attached hydrogens (tertiary/aromatic N) is 1. The lowest BCUT2D eigenvalue weighted by atomic mass is 10.1. The van der Waals surface area contributed by atoms with Gasteiger partial charge in [0.25, 0.3) is 5.69 Å². The molecule has 0 N–H and O–H groups in total. The van der Waals surface area contributed by atoms with Crippen molar-refractivity contribution in [3.63, 3.8) is 0 Å². The van der Waals surface area contributed by atoms with E-state index >= 15 is 0 Å². The molecule has 0 aliphatic heterocycles. The van der Waals surface area contributed by atoms with Gasteiger partial charge in [-0.15, -0.1) is 0 Å². The summed E-state index contributed by atoms with van der Waals surface area (Å²) >= 11 is 3.31. The molecule has 0 radical (unpaired) electrons. The molecule has 0 aromatic heterocycles. The van der Waals surface area contributed by atoms with Crippen molar-refractivity contribution in [3.8, 4) is 0 Å². The molecule has 4 nitrogen and oxygen atoms in total. The number of carbonyl (C=O) groups is 1. The number of benzene rings is 2. The van der Waals surface area contributed by atoms with Gasteiger partial charge >= 0.3 is 0 Å². The topological polar surface area (TPSA) is 60.2 Å². The Morgan fingerprint density at radius 1 is 1.15 bits per heavy atom. The van der Waals surface area contributed by atoms with E-state index in [0.29, 0.717) is 5.56 Å². The molecule has 0 atom stereocenters. The van der Waals surface area contributed by atoms with Gasteiger partial charge in [-0.1, -0.05) is 34.1 Å². The Bertz CT molecular complexity index is 678. The molecule has 100 valence electrons. The number of ketones is 1. The van der Waals surface area contributed by atoms with Crippen LogP contribution in [-0.4, -0.2) is 10.7 Å². The van der Waals surface area contributed by atoms with E-state index in [-0.39, 0.29) is 11.5 Å². The van der Waals surface area contributed by atoms with Crippen molar-refractivity contribution < 1.29 is 9.72 Å². The maximum atomic E-state index is 11.9. The Morgan fingerprint density at radius 3 is 2.45 bits per heavy atom. The summed E-state index contributed by atoms with van der Waals surface area (Å²) < 4.78 is 0.840. The van der Waals surface area contributed by atoms with E-state index in [0.717, 1.165) is 10.0 Å². The highest BCUT2D eigenvalue weighted by Gasteiger charge is 2.04. The van der Waals surface area contributed by atoms with Crippen molar-refractivity contribution in [2.45, 2.75) is 0 Å². The molecule has 0 fully saturated rings. The molecular formula is C15H10BrNO3. The molecule has 0 aliphatic carbocycles. The molecule has 0 bridgehead atoms. The first-order valence-electron chi connectivity index (χ1n) is 5.79. The number of nitro benzene ring substituents is 1. The summed E-state index contributed by atoms with van der Waals surface area (Å²) in [6.45, 7) is 0. The van der Waals surface area contributed by atoms with E-state index in [2.05, 4.69) is 15.9 Å². The highest BCUT2D eigenvalue weighted by Crippen LogP contribution is 2.15. The standard InChI is InChI=1S/C15H10BrNO3/c16-13-3-1-2-12(10-13)15(18)9-6-11-4-7-14(8-5-11)17(19)20/h1-10H. The van der Waals surface area contributed by atoms with Crippen molar-refractivity contribution in [3.05, 3.63) is 80.3 Å². The molecule has 0 heterocycles. The fourth-order valence-corrected chi connectivity index (χ4v) is 2.02. The van der Waals surface area contributed by atoms with E-state index in [1.54, 1.807) is 36.4 Å². The van der Waals surface area contributed by atoms with Crippen LogP contribution in [-0.2, 0) is 0 Å². The number of non-ortho nitro benzene ring substituents is 1. The Balaban J connectivity index is 2.13. The summed E-state index contributed by atoms with van der Waals surface area (Å²) in [6.07, 6.45) is 3.08. The Hall–Kier alpha value is -2.27. The molecule has 2 aromatic rings. The molecule has 0 saturated carbocycles. The van der Waals surface area contributed by atoms with Crippen molar-refractivity contribution in [1.82, 2.24) is 0 Å². The monoisotopic (exact) mass is 331 g/mol. The van der Waals surface area contributed by atoms with Crippen LogP contribution in [0.25, 0.3) is 6.08 Å². The van der Waals surface area contributed by atoms with Gasteiger partial charge in [-0.05, 0) is 35.9 Å². The number of hydrogen-bond acceptors (Lipinski definition) is 3. The predicted octanol–water partition coefficient (Wildman–Crippen LogP) is 4.25. The van der Waals surface area contributed by atoms with Gasteiger partial charge in [0.15, 0.2) is 5.78 Å². The van der Waals surface area contributed by atoms with Crippen LogP contribution in [0, 0.1) is 10.1 Å². The summed E-state index contributed by atoms with van der Waals surface area (Å²) in [5.41, 5.74) is 1.34. The largest absolute Gasteiger partial charge is 0.289 e. The second kappa shape index (κ2) is 6.25. The SMILES string of the molecule is O=C(C=Cc1ccc([N+](=O)[O-])cc1)c1cccc(Br)c1. The minimum Gasteiger partial charge on any atom is -0.289 e. The van der Waals surface area contributed by atoms with E-state index in [1.165, 1.54) is 18.2 Å². The molecule has 0 unspecified atom stereocenters. The number of allylic oxidation sites excluding steroid dienone is 1. The predicted molar refractivity (Wildman–Crippen MR) is 80.6 cm³/mol. The molecular weight excluding hydrogens is 322 g/mol. The lowest BCUT2D eigenvalue weighted by Gasteiger charge is -1.97. The lowest BCUT2D eigenvalue weighted by molar-refractivity contribution is -0.384. The van der Waals surface area contributed by atoms with Crippen LogP contribution in [0.4, 0.5) is 5.69 Å². The number of rotatable bonds is 4. The Kier molecular flexibility index (Phi) is 4.42. The summed E-state index contributed by atoms with van der Waals surface area (Å²) in [7, 11) is 0. The first-order chi connectivity index (χ1) is 9.56. The number of halogens is 1. The minimum absolute atomic E-state index is 0.0282. The van der Waals surface area contributed by atoms with Crippen LogP contribution in [0.1, 0.15) is 15.9 Å². The number of nitro groups is 1. The van der Waals surface area contributed by atoms with Gasteiger partial charge in [0.05, 0.1) is 4.92 Å². The van der Waals surface area contributed by atoms with Crippen molar-refractivity contribution in [1.29, 1.82) is 0 Å². The summed E-state index contributed by atoms with van der Waals surface area (Å²) in [6, 6.07) is 13.1. The van der Waals surface area contributed by atoms with Crippen LogP contribution in [0.2, 0.25) is 0 Å². The second-order valence-electron chi connectivity index (χ2n) is 4.06. The molecule has 0 spiro atoms. The lowest BCUT2D eigenvalue weighted by Crippen LogP contribution is -1.93. The molecule has 2 aromatic carbocycles. The van der Waals surface area contributed by atoms with Gasteiger partial charge in [0.2, 0.25) is 0 Å². The van der Waals surface area contributed by atoms with Crippen LogP contribution < -0.4 is 0 Å². The molecule has 20 heavy (non-hydrogen) atoms. The van der Waals surface area contributed by atoms with Crippen LogP contribution in [0.5, 0.6) is 0 Å². The Morgan fingerprint density at radius 2 is 1.85 bits per heavy atom. The van der Waals surface area contributed by atoms with E-state index in [4.69, 9.17) is 0 Å². The minimum atomic E-state index is -0.458. The van der Waals surface area contributed by atoms with Crippen molar-refractivity contribution >= 4 is 33.5 Å². The van der Waals surface area contributed by atoms with Gasteiger partial charge in [0, 0.05) is 22.2 Å².